The lowest BCUT2D eigenvalue weighted by atomic mass is 9.97. The Bertz CT molecular complexity index is 1680. The van der Waals surface area contributed by atoms with Gasteiger partial charge in [0, 0.05) is 29.8 Å². The van der Waals surface area contributed by atoms with E-state index >= 15 is 0 Å². The molecule has 0 aliphatic carbocycles. The van der Waals surface area contributed by atoms with Gasteiger partial charge in [-0.25, -0.2) is 18.1 Å². The lowest BCUT2D eigenvalue weighted by Crippen LogP contribution is -2.16. The van der Waals surface area contributed by atoms with Crippen molar-refractivity contribution < 1.29 is 22.1 Å². The van der Waals surface area contributed by atoms with E-state index in [9.17, 15) is 8.42 Å². The summed E-state index contributed by atoms with van der Waals surface area (Å²) in [6.45, 7) is 4.59. The normalized spacial score (nSPS) is 11.5. The van der Waals surface area contributed by atoms with Crippen LogP contribution in [0.4, 0.5) is 5.88 Å². The molecule has 39 heavy (non-hydrogen) atoms. The Kier molecular flexibility index (Phi) is 7.49. The Balaban J connectivity index is 1.50. The molecule has 0 unspecified atom stereocenters. The number of oxazole rings is 1. The molecule has 0 amide bonds. The third kappa shape index (κ3) is 5.71. The van der Waals surface area contributed by atoms with E-state index in [1.807, 2.05) is 48.5 Å². The molecule has 0 spiro atoms. The van der Waals surface area contributed by atoms with Crippen LogP contribution < -0.4 is 14.8 Å². The highest BCUT2D eigenvalue weighted by molar-refractivity contribution is 7.92. The zero-order chi connectivity index (χ0) is 27.4. The van der Waals surface area contributed by atoms with Crippen molar-refractivity contribution in [2.24, 2.45) is 0 Å². The maximum absolute atomic E-state index is 13.5. The van der Waals surface area contributed by atoms with Gasteiger partial charge in [0.05, 0.1) is 23.9 Å². The highest BCUT2D eigenvalue weighted by Gasteiger charge is 2.24. The third-order valence-corrected chi connectivity index (χ3v) is 7.83. The number of aromatic nitrogens is 2. The van der Waals surface area contributed by atoms with E-state index in [1.54, 1.807) is 45.4 Å². The van der Waals surface area contributed by atoms with Gasteiger partial charge in [-0.15, -0.1) is 0 Å². The van der Waals surface area contributed by atoms with E-state index in [-0.39, 0.29) is 10.8 Å². The topological polar surface area (TPSA) is 119 Å². The summed E-state index contributed by atoms with van der Waals surface area (Å²) >= 11 is 0. The summed E-state index contributed by atoms with van der Waals surface area (Å²) in [7, 11) is -2.35. The van der Waals surface area contributed by atoms with Crippen molar-refractivity contribution in [2.45, 2.75) is 31.8 Å². The molecular weight excluding hydrogens is 516 g/mol. The number of nitrogens with one attached hydrogen (secondary N) is 2. The van der Waals surface area contributed by atoms with Gasteiger partial charge in [-0.1, -0.05) is 41.6 Å². The highest BCUT2D eigenvalue weighted by Crippen LogP contribution is 2.34. The number of sulfonamides is 1. The van der Waals surface area contributed by atoms with Gasteiger partial charge in [-0.2, -0.15) is 0 Å². The van der Waals surface area contributed by atoms with Gasteiger partial charge in [0.25, 0.3) is 10.0 Å². The van der Waals surface area contributed by atoms with Crippen LogP contribution in [0.2, 0.25) is 0 Å². The molecule has 0 radical (unpaired) electrons. The molecule has 0 saturated heterocycles. The molecule has 10 heteroatoms. The van der Waals surface area contributed by atoms with Crippen LogP contribution in [0, 0.1) is 13.8 Å². The lowest BCUT2D eigenvalue weighted by Gasteiger charge is -2.16. The average Bonchev–Trinajstić information content (AvgIpc) is 3.60. The standard InChI is InChI=1S/C29H28N4O5S/c1-19-20(2)32-38-28(19)33-39(34,35)27-7-5-4-6-26(27)25-13-10-22(29-31-14-15-37-29)16-23(25)18-30-17-21-8-11-24(36-3)12-9-21/h4-16,30,33H,17-18H2,1-3H3. The molecule has 0 aliphatic heterocycles. The first-order valence-electron chi connectivity index (χ1n) is 12.3. The molecule has 0 saturated carbocycles. The van der Waals surface area contributed by atoms with Crippen LogP contribution in [-0.2, 0) is 23.1 Å². The summed E-state index contributed by atoms with van der Waals surface area (Å²) in [5.74, 6) is 1.38. The van der Waals surface area contributed by atoms with Gasteiger partial charge >= 0.3 is 0 Å². The molecule has 0 aliphatic rings. The monoisotopic (exact) mass is 544 g/mol. The van der Waals surface area contributed by atoms with E-state index in [0.717, 1.165) is 28.0 Å². The number of benzene rings is 3. The average molecular weight is 545 g/mol. The molecule has 2 N–H and O–H groups in total. The van der Waals surface area contributed by atoms with Gasteiger partial charge in [0.1, 0.15) is 12.0 Å². The zero-order valence-electron chi connectivity index (χ0n) is 21.8. The minimum Gasteiger partial charge on any atom is -0.497 e. The molecule has 2 heterocycles. The summed E-state index contributed by atoms with van der Waals surface area (Å²) in [6, 6.07) is 20.4. The number of methoxy groups -OCH3 is 1. The first kappa shape index (κ1) is 26.2. The second-order valence-electron chi connectivity index (χ2n) is 8.98. The van der Waals surface area contributed by atoms with Gasteiger partial charge in [-0.05, 0) is 60.9 Å². The quantitative estimate of drug-likeness (QED) is 0.229. The second kappa shape index (κ2) is 11.1. The number of anilines is 1. The predicted molar refractivity (Wildman–Crippen MR) is 148 cm³/mol. The first-order valence-corrected chi connectivity index (χ1v) is 13.8. The number of ether oxygens (including phenoxy) is 1. The molecule has 200 valence electrons. The van der Waals surface area contributed by atoms with Gasteiger partial charge in [0.15, 0.2) is 0 Å². The number of aryl methyl sites for hydroxylation is 1. The van der Waals surface area contributed by atoms with Gasteiger partial charge in [0.2, 0.25) is 11.8 Å². The Morgan fingerprint density at radius 1 is 0.949 bits per heavy atom. The second-order valence-corrected chi connectivity index (χ2v) is 10.6. The molecule has 0 fully saturated rings. The minimum atomic E-state index is -3.99. The van der Waals surface area contributed by atoms with Crippen molar-refractivity contribution in [2.75, 3.05) is 11.8 Å². The van der Waals surface area contributed by atoms with Crippen molar-refractivity contribution in [3.05, 3.63) is 102 Å². The van der Waals surface area contributed by atoms with E-state index < -0.39 is 10.0 Å². The summed E-state index contributed by atoms with van der Waals surface area (Å²) in [5.41, 5.74) is 5.33. The zero-order valence-corrected chi connectivity index (χ0v) is 22.6. The van der Waals surface area contributed by atoms with E-state index in [0.29, 0.717) is 35.8 Å². The smallest absolute Gasteiger partial charge is 0.264 e. The molecule has 3 aromatic carbocycles. The minimum absolute atomic E-state index is 0.0999. The number of hydrogen-bond acceptors (Lipinski definition) is 8. The van der Waals surface area contributed by atoms with Crippen molar-refractivity contribution >= 4 is 15.9 Å². The van der Waals surface area contributed by atoms with Crippen molar-refractivity contribution in [3.63, 3.8) is 0 Å². The summed E-state index contributed by atoms with van der Waals surface area (Å²) < 4.78 is 45.6. The van der Waals surface area contributed by atoms with Crippen LogP contribution in [0.3, 0.4) is 0 Å². The van der Waals surface area contributed by atoms with Crippen LogP contribution in [0.25, 0.3) is 22.6 Å². The summed E-state index contributed by atoms with van der Waals surface area (Å²) in [4.78, 5) is 4.39. The van der Waals surface area contributed by atoms with E-state index in [4.69, 9.17) is 13.7 Å². The van der Waals surface area contributed by atoms with Crippen LogP contribution in [0.1, 0.15) is 22.4 Å². The fourth-order valence-electron chi connectivity index (χ4n) is 4.20. The van der Waals surface area contributed by atoms with Crippen LogP contribution in [0.5, 0.6) is 5.75 Å². The Labute approximate surface area is 226 Å². The SMILES string of the molecule is COc1ccc(CNCc2cc(-c3ncco3)ccc2-c2ccccc2S(=O)(=O)Nc2onc(C)c2C)cc1. The molecule has 5 aromatic rings. The van der Waals surface area contributed by atoms with Crippen molar-refractivity contribution in [1.29, 1.82) is 0 Å². The van der Waals surface area contributed by atoms with E-state index in [1.165, 1.54) is 6.26 Å². The lowest BCUT2D eigenvalue weighted by molar-refractivity contribution is 0.414. The Morgan fingerprint density at radius 3 is 2.44 bits per heavy atom. The summed E-state index contributed by atoms with van der Waals surface area (Å²) in [5, 5.41) is 7.33. The number of rotatable bonds is 10. The molecule has 2 aromatic heterocycles. The molecular formula is C29H28N4O5S. The largest absolute Gasteiger partial charge is 0.497 e. The maximum atomic E-state index is 13.5. The first-order chi connectivity index (χ1) is 18.9. The fourth-order valence-corrected chi connectivity index (χ4v) is 5.47. The summed E-state index contributed by atoms with van der Waals surface area (Å²) in [6.07, 6.45) is 3.11. The number of nitrogens with zero attached hydrogens (tertiary/aromatic N) is 2. The van der Waals surface area contributed by atoms with Crippen molar-refractivity contribution in [1.82, 2.24) is 15.5 Å². The highest BCUT2D eigenvalue weighted by atomic mass is 32.2. The molecule has 5 rings (SSSR count). The number of hydrogen-bond donors (Lipinski definition) is 2. The molecule has 0 bridgehead atoms. The fraction of sp³-hybridized carbons (Fsp3) is 0.172. The predicted octanol–water partition coefficient (Wildman–Crippen LogP) is 5.71. The third-order valence-electron chi connectivity index (χ3n) is 6.44. The Morgan fingerprint density at radius 2 is 1.74 bits per heavy atom. The van der Waals surface area contributed by atoms with Crippen LogP contribution >= 0.6 is 0 Å². The molecule has 0 atom stereocenters. The van der Waals surface area contributed by atoms with Crippen LogP contribution in [0.15, 0.2) is 93.0 Å². The maximum Gasteiger partial charge on any atom is 0.264 e. The van der Waals surface area contributed by atoms with Crippen LogP contribution in [-0.4, -0.2) is 25.7 Å². The van der Waals surface area contributed by atoms with Gasteiger partial charge in [-0.3, -0.25) is 0 Å². The molecule has 9 nitrogen and oxygen atoms in total. The van der Waals surface area contributed by atoms with Crippen molar-refractivity contribution in [3.8, 4) is 28.3 Å². The van der Waals surface area contributed by atoms with E-state index in [2.05, 4.69) is 20.2 Å². The Hall–Kier alpha value is -4.41. The van der Waals surface area contributed by atoms with Gasteiger partial charge < -0.3 is 19.0 Å².